The fourth-order valence-corrected chi connectivity index (χ4v) is 3.13. The van der Waals surface area contributed by atoms with E-state index in [-0.39, 0.29) is 44.8 Å². The van der Waals surface area contributed by atoms with Gasteiger partial charge in [-0.3, -0.25) is 19.6 Å². The molecule has 2 heterocycles. The maximum absolute atomic E-state index is 9.37. The van der Waals surface area contributed by atoms with Crippen LogP contribution in [-0.4, -0.2) is 64.8 Å². The summed E-state index contributed by atoms with van der Waals surface area (Å²) >= 11 is 0. The van der Waals surface area contributed by atoms with Gasteiger partial charge in [0.1, 0.15) is 13.2 Å². The van der Waals surface area contributed by atoms with Crippen molar-refractivity contribution in [1.29, 1.82) is 0 Å². The summed E-state index contributed by atoms with van der Waals surface area (Å²) in [7, 11) is 0. The Hall–Kier alpha value is -4.21. The summed E-state index contributed by atoms with van der Waals surface area (Å²) in [6.45, 7) is 3.88. The Bertz CT molecular complexity index is 1240. The van der Waals surface area contributed by atoms with E-state index < -0.39 is 0 Å². The molecule has 0 spiro atoms. The van der Waals surface area contributed by atoms with Crippen LogP contribution in [0.25, 0.3) is 0 Å². The van der Waals surface area contributed by atoms with Gasteiger partial charge in [-0.05, 0) is 62.4 Å². The molecule has 0 saturated heterocycles. The van der Waals surface area contributed by atoms with Gasteiger partial charge in [-0.15, -0.1) is 0 Å². The van der Waals surface area contributed by atoms with Gasteiger partial charge < -0.3 is 20.4 Å². The summed E-state index contributed by atoms with van der Waals surface area (Å²) in [4.78, 5) is 26.8. The van der Waals surface area contributed by atoms with Gasteiger partial charge in [0.05, 0.1) is 47.6 Å². The molecule has 0 saturated carbocycles. The summed E-state index contributed by atoms with van der Waals surface area (Å²) in [6.07, 6.45) is 7.67. The Labute approximate surface area is 268 Å². The molecule has 0 aliphatic heterocycles. The predicted molar refractivity (Wildman–Crippen MR) is 171 cm³/mol. The van der Waals surface area contributed by atoms with Crippen molar-refractivity contribution in [2.75, 3.05) is 13.2 Å². The molecule has 0 amide bonds. The molecule has 2 aromatic carbocycles. The minimum absolute atomic E-state index is 0. The van der Waals surface area contributed by atoms with Crippen molar-refractivity contribution >= 4 is 11.6 Å². The van der Waals surface area contributed by atoms with Crippen molar-refractivity contribution in [3.05, 3.63) is 156 Å². The number of benzene rings is 2. The van der Waals surface area contributed by atoms with Crippen LogP contribution in [0.3, 0.4) is 0 Å². The number of allylic oxidation sites excluding steroid dienone is 4. The van der Waals surface area contributed by atoms with E-state index in [1.807, 2.05) is 72.8 Å². The van der Waals surface area contributed by atoms with E-state index in [9.17, 15) is 9.59 Å². The Morgan fingerprint density at radius 2 is 0.930 bits per heavy atom. The monoisotopic (exact) mass is 622 g/mol. The number of carbonyl (C=O) groups excluding carboxylic acids is 2. The van der Waals surface area contributed by atoms with E-state index >= 15 is 0 Å². The van der Waals surface area contributed by atoms with Gasteiger partial charge in [0.25, 0.3) is 0 Å². The minimum Gasteiger partial charge on any atom is -0.512 e. The molecule has 2 aromatic heterocycles. The van der Waals surface area contributed by atoms with Crippen LogP contribution in [0.1, 0.15) is 36.4 Å². The molecule has 0 aliphatic rings. The molecule has 8 nitrogen and oxygen atoms in total. The Morgan fingerprint density at radius 3 is 1.19 bits per heavy atom. The molecule has 0 atom stereocenters. The van der Waals surface area contributed by atoms with Crippen molar-refractivity contribution < 1.29 is 51.7 Å². The second-order valence-electron chi connectivity index (χ2n) is 8.72. The average Bonchev–Trinajstić information content (AvgIpc) is 3.00. The van der Waals surface area contributed by atoms with Gasteiger partial charge in [0.15, 0.2) is 0 Å². The number of aliphatic hydroxyl groups is 2. The van der Waals surface area contributed by atoms with Gasteiger partial charge in [0.2, 0.25) is 0 Å². The van der Waals surface area contributed by atoms with E-state index in [1.165, 1.54) is 26.0 Å². The van der Waals surface area contributed by atoms with E-state index in [0.717, 1.165) is 24.2 Å². The van der Waals surface area contributed by atoms with Crippen LogP contribution >= 0.6 is 0 Å². The van der Waals surface area contributed by atoms with Gasteiger partial charge in [0, 0.05) is 45.5 Å². The fraction of sp³-hybridized carbons (Fsp3) is 0.176. The molecular weight excluding hydrogens is 580 g/mol. The van der Waals surface area contributed by atoms with E-state index in [4.69, 9.17) is 20.4 Å². The second-order valence-corrected chi connectivity index (χ2v) is 8.72. The molecular formula is C34H42N2O6Ti+4. The molecule has 0 radical (unpaired) electrons. The first-order valence-electron chi connectivity index (χ1n) is 13.3. The maximum Gasteiger partial charge on any atom is 0.350 e. The summed E-state index contributed by atoms with van der Waals surface area (Å²) in [5.41, 5.74) is 3.41. The number of ketones is 2. The SMILES string of the molecule is C/C(O)=C/C(=[OH+])c1ccccc1.C/C(O)=C/C(=[OH+])c1ccccc1.[OH2+]CCc1ccccn1.[OH2+]CCc1ccccn1.[Ti]. The molecule has 43 heavy (non-hydrogen) atoms. The van der Waals surface area contributed by atoms with Crippen LogP contribution in [-0.2, 0) is 34.6 Å². The molecule has 8 N–H and O–H groups in total. The number of hydrogen-bond donors (Lipinski definition) is 2. The minimum atomic E-state index is 0. The van der Waals surface area contributed by atoms with Crippen molar-refractivity contribution in [2.24, 2.45) is 0 Å². The van der Waals surface area contributed by atoms with Crippen molar-refractivity contribution in [1.82, 2.24) is 9.97 Å². The summed E-state index contributed by atoms with van der Waals surface area (Å²) < 4.78 is 0. The zero-order chi connectivity index (χ0) is 31.0. The number of aliphatic hydroxyl groups excluding tert-OH is 2. The average molecular weight is 623 g/mol. The third-order valence-corrected chi connectivity index (χ3v) is 5.04. The number of pyridine rings is 2. The van der Waals surface area contributed by atoms with Crippen LogP contribution in [0, 0.1) is 0 Å². The van der Waals surface area contributed by atoms with Crippen molar-refractivity contribution in [3.63, 3.8) is 0 Å². The first-order chi connectivity index (χ1) is 20.3. The molecule has 0 aliphatic carbocycles. The van der Waals surface area contributed by atoms with Crippen LogP contribution in [0.4, 0.5) is 0 Å². The second kappa shape index (κ2) is 24.4. The summed E-state index contributed by atoms with van der Waals surface area (Å²) in [5.74, 6) is 0.346. The molecule has 0 bridgehead atoms. The van der Waals surface area contributed by atoms with Gasteiger partial charge in [-0.1, -0.05) is 48.5 Å². The van der Waals surface area contributed by atoms with Crippen molar-refractivity contribution in [2.45, 2.75) is 26.7 Å². The Kier molecular flexibility index (Phi) is 22.0. The van der Waals surface area contributed by atoms with E-state index in [0.29, 0.717) is 24.3 Å². The number of hydrogen-bond acceptors (Lipinski definition) is 4. The molecule has 9 heteroatoms. The molecule has 0 unspecified atom stereocenters. The Balaban J connectivity index is 0.000000548. The zero-order valence-electron chi connectivity index (χ0n) is 24.6. The molecule has 224 valence electrons. The third-order valence-electron chi connectivity index (χ3n) is 5.04. The normalized spacial score (nSPS) is 10.2. The van der Waals surface area contributed by atoms with Gasteiger partial charge >= 0.3 is 11.6 Å². The first kappa shape index (κ1) is 38.8. The van der Waals surface area contributed by atoms with Crippen LogP contribution in [0.2, 0.25) is 0 Å². The van der Waals surface area contributed by atoms with E-state index in [1.54, 1.807) is 36.7 Å². The fourth-order valence-electron chi connectivity index (χ4n) is 3.13. The third kappa shape index (κ3) is 19.5. The molecule has 4 rings (SSSR count). The number of rotatable bonds is 8. The predicted octanol–water partition coefficient (Wildman–Crippen LogP) is 4.78. The van der Waals surface area contributed by atoms with Crippen LogP contribution < -0.4 is 0 Å². The topological polar surface area (TPSA) is 155 Å². The number of nitrogens with zero attached hydrogens (tertiary/aromatic N) is 2. The van der Waals surface area contributed by atoms with Crippen LogP contribution in [0.15, 0.2) is 133 Å². The van der Waals surface area contributed by atoms with Gasteiger partial charge in [-0.2, -0.15) is 0 Å². The zero-order valence-corrected chi connectivity index (χ0v) is 26.1. The maximum atomic E-state index is 9.37. The molecule has 4 aromatic rings. The molecule has 0 fully saturated rings. The standard InChI is InChI=1S/2C10H10O2.2C7H9NO.Ti/c2*1-8(11)7-10(12)9-5-3-2-4-6-9;2*9-6-4-7-3-1-2-5-8-7;/h2*2-7,11H,1H3;2*1-3,5,9H,4,6H2;/p+4/b2*8-7-;;;. The van der Waals surface area contributed by atoms with Gasteiger partial charge in [-0.25, -0.2) is 0 Å². The number of aromatic nitrogens is 2. The summed E-state index contributed by atoms with van der Waals surface area (Å²) in [5, 5.41) is 31.5. The Morgan fingerprint density at radius 1 is 0.605 bits per heavy atom. The van der Waals surface area contributed by atoms with Crippen LogP contribution in [0.5, 0.6) is 0 Å². The largest absolute Gasteiger partial charge is 0.512 e. The first-order valence-corrected chi connectivity index (χ1v) is 13.3. The smallest absolute Gasteiger partial charge is 0.350 e. The quantitative estimate of drug-likeness (QED) is 0.0954. The van der Waals surface area contributed by atoms with Crippen molar-refractivity contribution in [3.8, 4) is 0 Å². The summed E-state index contributed by atoms with van der Waals surface area (Å²) in [6, 6.07) is 29.7. The van der Waals surface area contributed by atoms with E-state index in [2.05, 4.69) is 9.97 Å².